The second-order valence-corrected chi connectivity index (χ2v) is 9.65. The predicted octanol–water partition coefficient (Wildman–Crippen LogP) is 7.53. The van der Waals surface area contributed by atoms with Crippen molar-refractivity contribution in [3.63, 3.8) is 0 Å². The number of phenols is 2. The Morgan fingerprint density at radius 1 is 0.529 bits per heavy atom. The summed E-state index contributed by atoms with van der Waals surface area (Å²) < 4.78 is 0. The molecule has 0 bridgehead atoms. The first kappa shape index (κ1) is 22.3. The maximum Gasteiger partial charge on any atom is 0.119 e. The Balaban J connectivity index is 1.55. The molecule has 0 atom stereocenters. The van der Waals surface area contributed by atoms with Gasteiger partial charge in [-0.15, -0.1) is 0 Å². The highest BCUT2D eigenvalue weighted by atomic mass is 16.3. The zero-order valence-corrected chi connectivity index (χ0v) is 19.6. The van der Waals surface area contributed by atoms with Gasteiger partial charge in [-0.05, 0) is 58.4 Å². The molecule has 1 aliphatic rings. The topological polar surface area (TPSA) is 40.5 Å². The van der Waals surface area contributed by atoms with Gasteiger partial charge in [0.15, 0.2) is 0 Å². The summed E-state index contributed by atoms with van der Waals surface area (Å²) in [5.41, 5.74) is 6.77. The molecule has 1 fully saturated rings. The first-order valence-corrected chi connectivity index (χ1v) is 12.4. The van der Waals surface area contributed by atoms with Gasteiger partial charge >= 0.3 is 0 Å². The summed E-state index contributed by atoms with van der Waals surface area (Å²) in [6.07, 6.45) is 7.21. The molecular formula is C32H32O2. The molecule has 0 amide bonds. The third-order valence-corrected chi connectivity index (χ3v) is 7.45. The Morgan fingerprint density at radius 2 is 0.971 bits per heavy atom. The van der Waals surface area contributed by atoms with Crippen molar-refractivity contribution in [2.24, 2.45) is 0 Å². The third-order valence-electron chi connectivity index (χ3n) is 7.45. The van der Waals surface area contributed by atoms with Gasteiger partial charge in [0.1, 0.15) is 11.5 Å². The van der Waals surface area contributed by atoms with Crippen LogP contribution >= 0.6 is 0 Å². The van der Waals surface area contributed by atoms with Gasteiger partial charge in [-0.3, -0.25) is 0 Å². The number of benzene rings is 4. The van der Waals surface area contributed by atoms with E-state index in [2.05, 4.69) is 48.5 Å². The molecule has 2 nitrogen and oxygen atoms in total. The molecule has 0 aliphatic heterocycles. The smallest absolute Gasteiger partial charge is 0.119 e. The van der Waals surface area contributed by atoms with Crippen molar-refractivity contribution < 1.29 is 10.2 Å². The molecule has 4 aromatic rings. The molecule has 1 aliphatic carbocycles. The normalized spacial score (nSPS) is 15.2. The van der Waals surface area contributed by atoms with E-state index < -0.39 is 0 Å². The van der Waals surface area contributed by atoms with E-state index >= 15 is 0 Å². The maximum absolute atomic E-state index is 10.7. The molecule has 1 saturated carbocycles. The second-order valence-electron chi connectivity index (χ2n) is 9.65. The SMILES string of the molecule is Oc1ccc(C2(c3ccc(O)c(Cc4ccccc4)c3)CCCCC2)cc1Cc1ccccc1. The molecule has 0 aromatic heterocycles. The Morgan fingerprint density at radius 3 is 1.41 bits per heavy atom. The highest BCUT2D eigenvalue weighted by Gasteiger charge is 2.36. The van der Waals surface area contributed by atoms with Crippen molar-refractivity contribution in [2.45, 2.75) is 50.4 Å². The van der Waals surface area contributed by atoms with Gasteiger partial charge in [-0.25, -0.2) is 0 Å². The lowest BCUT2D eigenvalue weighted by Crippen LogP contribution is -2.30. The van der Waals surface area contributed by atoms with Crippen molar-refractivity contribution in [3.8, 4) is 11.5 Å². The lowest BCUT2D eigenvalue weighted by Gasteiger charge is -2.39. The largest absolute Gasteiger partial charge is 0.508 e. The van der Waals surface area contributed by atoms with E-state index in [1.54, 1.807) is 0 Å². The van der Waals surface area contributed by atoms with Crippen LogP contribution in [0.2, 0.25) is 0 Å². The summed E-state index contributed by atoms with van der Waals surface area (Å²) >= 11 is 0. The number of hydrogen-bond donors (Lipinski definition) is 2. The number of phenolic OH excluding ortho intramolecular Hbond substituents is 2. The highest BCUT2D eigenvalue weighted by molar-refractivity contribution is 5.50. The van der Waals surface area contributed by atoms with E-state index in [4.69, 9.17) is 0 Å². The first-order chi connectivity index (χ1) is 16.6. The summed E-state index contributed by atoms with van der Waals surface area (Å²) in [6.45, 7) is 0. The van der Waals surface area contributed by atoms with Crippen molar-refractivity contribution in [1.29, 1.82) is 0 Å². The van der Waals surface area contributed by atoms with Crippen molar-refractivity contribution in [1.82, 2.24) is 0 Å². The van der Waals surface area contributed by atoms with Gasteiger partial charge in [0.25, 0.3) is 0 Å². The summed E-state index contributed by atoms with van der Waals surface area (Å²) in [6, 6.07) is 33.1. The molecule has 5 rings (SSSR count). The summed E-state index contributed by atoms with van der Waals surface area (Å²) in [7, 11) is 0. The fourth-order valence-corrected chi connectivity index (χ4v) is 5.58. The molecule has 0 saturated heterocycles. The number of aromatic hydroxyl groups is 2. The van der Waals surface area contributed by atoms with Gasteiger partial charge in [-0.2, -0.15) is 0 Å². The standard InChI is InChI=1S/C32H32O2/c33-30-16-14-28(22-26(30)20-24-10-4-1-5-11-24)32(18-8-3-9-19-32)29-15-17-31(34)27(23-29)21-25-12-6-2-7-13-25/h1-2,4-7,10-17,22-23,33-34H,3,8-9,18-21H2. The molecule has 0 radical (unpaired) electrons. The lowest BCUT2D eigenvalue weighted by atomic mass is 9.64. The van der Waals surface area contributed by atoms with Crippen LogP contribution in [0.1, 0.15) is 65.5 Å². The van der Waals surface area contributed by atoms with Crippen LogP contribution in [0.15, 0.2) is 97.1 Å². The van der Waals surface area contributed by atoms with Crippen LogP contribution in [0.5, 0.6) is 11.5 Å². The second kappa shape index (κ2) is 9.77. The Kier molecular flexibility index (Phi) is 6.40. The van der Waals surface area contributed by atoms with Crippen LogP contribution in [0, 0.1) is 0 Å². The maximum atomic E-state index is 10.7. The van der Waals surface area contributed by atoms with Gasteiger partial charge in [0.05, 0.1) is 0 Å². The van der Waals surface area contributed by atoms with E-state index in [0.717, 1.165) is 24.0 Å². The molecule has 0 unspecified atom stereocenters. The zero-order valence-electron chi connectivity index (χ0n) is 19.6. The van der Waals surface area contributed by atoms with E-state index in [0.29, 0.717) is 24.3 Å². The van der Waals surface area contributed by atoms with Crippen LogP contribution in [0.4, 0.5) is 0 Å². The molecule has 2 heteroatoms. The monoisotopic (exact) mass is 448 g/mol. The molecule has 34 heavy (non-hydrogen) atoms. The third kappa shape index (κ3) is 4.59. The van der Waals surface area contributed by atoms with Crippen LogP contribution < -0.4 is 0 Å². The lowest BCUT2D eigenvalue weighted by molar-refractivity contribution is 0.344. The van der Waals surface area contributed by atoms with Gasteiger partial charge in [0, 0.05) is 18.3 Å². The van der Waals surface area contributed by atoms with Crippen LogP contribution in [-0.2, 0) is 18.3 Å². The van der Waals surface area contributed by atoms with Crippen molar-refractivity contribution >= 4 is 0 Å². The minimum atomic E-state index is -0.101. The molecule has 0 spiro atoms. The minimum absolute atomic E-state index is 0.101. The molecule has 172 valence electrons. The Bertz CT molecular complexity index is 1150. The van der Waals surface area contributed by atoms with E-state index in [1.165, 1.54) is 41.5 Å². The Hall–Kier alpha value is -3.52. The van der Waals surface area contributed by atoms with E-state index in [9.17, 15) is 10.2 Å². The zero-order chi connectivity index (χ0) is 23.4. The van der Waals surface area contributed by atoms with Crippen molar-refractivity contribution in [2.75, 3.05) is 0 Å². The fourth-order valence-electron chi connectivity index (χ4n) is 5.58. The van der Waals surface area contributed by atoms with Crippen LogP contribution in [-0.4, -0.2) is 10.2 Å². The van der Waals surface area contributed by atoms with Gasteiger partial charge in [0.2, 0.25) is 0 Å². The molecule has 2 N–H and O–H groups in total. The van der Waals surface area contributed by atoms with Crippen LogP contribution in [0.3, 0.4) is 0 Å². The van der Waals surface area contributed by atoms with E-state index in [-0.39, 0.29) is 5.41 Å². The van der Waals surface area contributed by atoms with Gasteiger partial charge < -0.3 is 10.2 Å². The highest BCUT2D eigenvalue weighted by Crippen LogP contribution is 2.46. The number of rotatable bonds is 6. The average molecular weight is 449 g/mol. The summed E-state index contributed by atoms with van der Waals surface area (Å²) in [5, 5.41) is 21.3. The average Bonchev–Trinajstić information content (AvgIpc) is 2.88. The molecular weight excluding hydrogens is 416 g/mol. The van der Waals surface area contributed by atoms with Crippen LogP contribution in [0.25, 0.3) is 0 Å². The molecule has 0 heterocycles. The molecule has 4 aromatic carbocycles. The summed E-state index contributed by atoms with van der Waals surface area (Å²) in [5.74, 6) is 0.711. The quantitative estimate of drug-likeness (QED) is 0.320. The predicted molar refractivity (Wildman–Crippen MR) is 139 cm³/mol. The Labute approximate surface area is 202 Å². The summed E-state index contributed by atoms with van der Waals surface area (Å²) in [4.78, 5) is 0. The fraction of sp³-hybridized carbons (Fsp3) is 0.250. The van der Waals surface area contributed by atoms with Crippen molar-refractivity contribution in [3.05, 3.63) is 130 Å². The first-order valence-electron chi connectivity index (χ1n) is 12.4. The van der Waals surface area contributed by atoms with Gasteiger partial charge in [-0.1, -0.05) is 104 Å². The number of hydrogen-bond acceptors (Lipinski definition) is 2. The minimum Gasteiger partial charge on any atom is -0.508 e. The van der Waals surface area contributed by atoms with E-state index in [1.807, 2.05) is 48.5 Å².